The van der Waals surface area contributed by atoms with Gasteiger partial charge in [-0.2, -0.15) is 0 Å². The van der Waals surface area contributed by atoms with Crippen LogP contribution >= 0.6 is 0 Å². The maximum absolute atomic E-state index is 13.7. The zero-order chi connectivity index (χ0) is 11.5. The van der Waals surface area contributed by atoms with Gasteiger partial charge in [-0.25, -0.2) is 4.39 Å². The van der Waals surface area contributed by atoms with E-state index in [1.54, 1.807) is 32.1 Å². The zero-order valence-electron chi connectivity index (χ0n) is 9.20. The summed E-state index contributed by atoms with van der Waals surface area (Å²) in [6, 6.07) is 0. The van der Waals surface area contributed by atoms with Crippen LogP contribution in [0.3, 0.4) is 0 Å². The van der Waals surface area contributed by atoms with Gasteiger partial charge >= 0.3 is 0 Å². The summed E-state index contributed by atoms with van der Waals surface area (Å²) in [6.07, 6.45) is 4.19. The van der Waals surface area contributed by atoms with Gasteiger partial charge in [0, 0.05) is 0 Å². The Labute approximate surface area is 90.0 Å². The highest BCUT2D eigenvalue weighted by atomic mass is 19.1. The molecule has 0 amide bonds. The molecular formula is C12H18FNO. The van der Waals surface area contributed by atoms with E-state index in [0.717, 1.165) is 5.57 Å². The molecule has 1 rings (SSSR count). The van der Waals surface area contributed by atoms with Crippen LogP contribution in [0, 0.1) is 0 Å². The molecule has 0 spiro atoms. The van der Waals surface area contributed by atoms with E-state index in [9.17, 15) is 9.50 Å². The van der Waals surface area contributed by atoms with Crippen molar-refractivity contribution in [3.8, 4) is 0 Å². The van der Waals surface area contributed by atoms with Gasteiger partial charge in [-0.15, -0.1) is 5.73 Å². The third-order valence-corrected chi connectivity index (χ3v) is 2.65. The van der Waals surface area contributed by atoms with E-state index in [0.29, 0.717) is 6.42 Å². The molecule has 0 aromatic heterocycles. The summed E-state index contributed by atoms with van der Waals surface area (Å²) < 4.78 is 13.7. The highest BCUT2D eigenvalue weighted by Gasteiger charge is 2.27. The van der Waals surface area contributed by atoms with Crippen LogP contribution in [0.1, 0.15) is 26.7 Å². The van der Waals surface area contributed by atoms with Crippen molar-refractivity contribution in [3.63, 3.8) is 0 Å². The highest BCUT2D eigenvalue weighted by Crippen LogP contribution is 2.20. The van der Waals surface area contributed by atoms with Crippen molar-refractivity contribution in [2.75, 3.05) is 0 Å². The summed E-state index contributed by atoms with van der Waals surface area (Å²) in [4.78, 5) is 0. The lowest BCUT2D eigenvalue weighted by Gasteiger charge is -2.23. The molecule has 2 unspecified atom stereocenters. The van der Waals surface area contributed by atoms with Crippen molar-refractivity contribution in [1.82, 2.24) is 0 Å². The highest BCUT2D eigenvalue weighted by molar-refractivity contribution is 5.17. The van der Waals surface area contributed by atoms with Crippen LogP contribution in [-0.4, -0.2) is 22.9 Å². The lowest BCUT2D eigenvalue weighted by molar-refractivity contribution is 0.224. The predicted octanol–water partition coefficient (Wildman–Crippen LogP) is 1.85. The number of nitrogens with two attached hydrogens (primary N) is 1. The molecule has 0 aliphatic heterocycles. The molecule has 3 N–H and O–H groups in total. The maximum atomic E-state index is 13.7. The summed E-state index contributed by atoms with van der Waals surface area (Å²) in [6.45, 7) is 3.32. The van der Waals surface area contributed by atoms with Crippen molar-refractivity contribution in [2.45, 2.75) is 44.5 Å². The minimum absolute atomic E-state index is 0.235. The molecule has 0 aromatic carbocycles. The fourth-order valence-corrected chi connectivity index (χ4v) is 1.44. The van der Waals surface area contributed by atoms with E-state index in [1.165, 1.54) is 0 Å². The van der Waals surface area contributed by atoms with Crippen LogP contribution < -0.4 is 5.73 Å². The Balaban J connectivity index is 2.93. The Hall–Kier alpha value is -0.890. The second kappa shape index (κ2) is 4.75. The van der Waals surface area contributed by atoms with Gasteiger partial charge in [0.1, 0.15) is 6.17 Å². The molecule has 3 heteroatoms. The zero-order valence-corrected chi connectivity index (χ0v) is 9.20. The molecular weight excluding hydrogens is 193 g/mol. The molecule has 3 atom stereocenters. The second-order valence-electron chi connectivity index (χ2n) is 4.24. The first-order valence-electron chi connectivity index (χ1n) is 5.15. The van der Waals surface area contributed by atoms with Crippen LogP contribution in [0.15, 0.2) is 29.5 Å². The first kappa shape index (κ1) is 12.2. The summed E-state index contributed by atoms with van der Waals surface area (Å²) in [5, 5.41) is 9.42. The van der Waals surface area contributed by atoms with Gasteiger partial charge in [0.2, 0.25) is 0 Å². The molecule has 2 nitrogen and oxygen atoms in total. The molecule has 0 aromatic rings. The molecule has 0 saturated heterocycles. The van der Waals surface area contributed by atoms with Crippen molar-refractivity contribution in [3.05, 3.63) is 29.5 Å². The van der Waals surface area contributed by atoms with Crippen LogP contribution in [0.2, 0.25) is 0 Å². The number of allylic oxidation sites excluding steroid dienone is 1. The topological polar surface area (TPSA) is 46.2 Å². The number of aliphatic hydroxyl groups is 1. The largest absolute Gasteiger partial charge is 0.389 e. The van der Waals surface area contributed by atoms with E-state index in [-0.39, 0.29) is 6.42 Å². The molecule has 0 fully saturated rings. The average Bonchev–Trinajstić information content (AvgIpc) is 2.19. The van der Waals surface area contributed by atoms with Gasteiger partial charge in [0.05, 0.1) is 11.6 Å². The number of hydrogen-bond donors (Lipinski definition) is 2. The van der Waals surface area contributed by atoms with Gasteiger partial charge in [-0.1, -0.05) is 6.08 Å². The molecule has 15 heavy (non-hydrogen) atoms. The minimum Gasteiger partial charge on any atom is -0.389 e. The number of alkyl halides is 1. The smallest absolute Gasteiger partial charge is 0.125 e. The molecule has 0 radical (unpaired) electrons. The fourth-order valence-electron chi connectivity index (χ4n) is 1.44. The molecule has 1 aliphatic rings. The Kier molecular flexibility index (Phi) is 3.86. The van der Waals surface area contributed by atoms with E-state index in [1.807, 2.05) is 0 Å². The van der Waals surface area contributed by atoms with Gasteiger partial charge in [-0.3, -0.25) is 0 Å². The summed E-state index contributed by atoms with van der Waals surface area (Å²) >= 11 is 0. The SMILES string of the molecule is CC(O)/C1=C/CC(F)[C@](C)(N)C=C=CC1. The van der Waals surface area contributed by atoms with Gasteiger partial charge in [0.15, 0.2) is 0 Å². The third kappa shape index (κ3) is 3.31. The summed E-state index contributed by atoms with van der Waals surface area (Å²) in [7, 11) is 0. The average molecular weight is 211 g/mol. The monoisotopic (exact) mass is 211 g/mol. The van der Waals surface area contributed by atoms with Gasteiger partial charge < -0.3 is 10.8 Å². The first-order chi connectivity index (χ1) is 6.93. The van der Waals surface area contributed by atoms with Crippen LogP contribution in [-0.2, 0) is 0 Å². The lowest BCUT2D eigenvalue weighted by Crippen LogP contribution is -2.43. The summed E-state index contributed by atoms with van der Waals surface area (Å²) in [5.41, 5.74) is 8.47. The predicted molar refractivity (Wildman–Crippen MR) is 59.1 cm³/mol. The molecule has 0 bridgehead atoms. The van der Waals surface area contributed by atoms with Gasteiger partial charge in [-0.05, 0) is 44.4 Å². The van der Waals surface area contributed by atoms with Crippen LogP contribution in [0.25, 0.3) is 0 Å². The minimum atomic E-state index is -1.15. The summed E-state index contributed by atoms with van der Waals surface area (Å²) in [5.74, 6) is 0. The lowest BCUT2D eigenvalue weighted by atomic mass is 9.94. The third-order valence-electron chi connectivity index (χ3n) is 2.65. The Bertz CT molecular complexity index is 312. The molecule has 1 aliphatic carbocycles. The van der Waals surface area contributed by atoms with E-state index in [2.05, 4.69) is 5.73 Å². The Morgan fingerprint density at radius 3 is 3.00 bits per heavy atom. The number of halogens is 1. The first-order valence-corrected chi connectivity index (χ1v) is 5.15. The maximum Gasteiger partial charge on any atom is 0.125 e. The van der Waals surface area contributed by atoms with Crippen molar-refractivity contribution in [1.29, 1.82) is 0 Å². The molecule has 0 heterocycles. The van der Waals surface area contributed by atoms with Crippen molar-refractivity contribution >= 4 is 0 Å². The van der Waals surface area contributed by atoms with Gasteiger partial charge in [0.25, 0.3) is 0 Å². The van der Waals surface area contributed by atoms with Crippen molar-refractivity contribution in [2.24, 2.45) is 5.73 Å². The number of hydrogen-bond acceptors (Lipinski definition) is 2. The second-order valence-corrected chi connectivity index (χ2v) is 4.24. The Morgan fingerprint density at radius 1 is 1.73 bits per heavy atom. The number of rotatable bonds is 1. The standard InChI is InChI=1S/C12H18FNO/c1-9(15)10-5-3-4-8-12(2,14)11(13)7-6-10/h3,6,8-9,11,15H,5,7,14H2,1-2H3/b10-6+/t4?,9?,11?,12-/m1/s1. The van der Waals surface area contributed by atoms with E-state index in [4.69, 9.17) is 5.73 Å². The fraction of sp³-hybridized carbons (Fsp3) is 0.583. The Morgan fingerprint density at radius 2 is 2.40 bits per heavy atom. The van der Waals surface area contributed by atoms with Crippen LogP contribution in [0.4, 0.5) is 4.39 Å². The van der Waals surface area contributed by atoms with E-state index >= 15 is 0 Å². The normalized spacial score (nSPS) is 37.4. The van der Waals surface area contributed by atoms with Crippen LogP contribution in [0.5, 0.6) is 0 Å². The van der Waals surface area contributed by atoms with E-state index < -0.39 is 17.8 Å². The molecule has 84 valence electrons. The quantitative estimate of drug-likeness (QED) is 0.513. The molecule has 0 saturated carbocycles. The van der Waals surface area contributed by atoms with Crippen molar-refractivity contribution < 1.29 is 9.50 Å². The number of aliphatic hydroxyl groups excluding tert-OH is 1.